The summed E-state index contributed by atoms with van der Waals surface area (Å²) in [4.78, 5) is 27.1. The highest BCUT2D eigenvalue weighted by atomic mass is 19.2. The second-order valence-electron chi connectivity index (χ2n) is 13.5. The van der Waals surface area contributed by atoms with Gasteiger partial charge in [0.05, 0.1) is 53.6 Å². The molecule has 274 valence electrons. The number of aromatic nitrogens is 5. The van der Waals surface area contributed by atoms with Crippen molar-refractivity contribution in [1.82, 2.24) is 29.9 Å². The molecular weight excluding hydrogens is 666 g/mol. The van der Waals surface area contributed by atoms with Gasteiger partial charge in [-0.05, 0) is 99.9 Å². The number of piperidine rings is 1. The number of rotatable bonds is 15. The first-order valence-electron chi connectivity index (χ1n) is 18.4. The molecule has 52 heavy (non-hydrogen) atoms. The minimum absolute atomic E-state index is 0.0404. The minimum atomic E-state index is -0.842. The Morgan fingerprint density at radius 1 is 1.04 bits per heavy atom. The van der Waals surface area contributed by atoms with Crippen molar-refractivity contribution in [3.63, 3.8) is 0 Å². The fourth-order valence-corrected chi connectivity index (χ4v) is 7.48. The number of hydrogen-bond acceptors (Lipinski definition) is 9. The SMILES string of the molecule is CCOCCc1cccc2[nH]c(NC3CCCCN3c3cc(-n4ccnn4)cc(C(=O)CCN4CCC(c5ccc(F)c(F)c5)C4)c3OCC)nc12. The molecule has 7 rings (SSSR count). The van der Waals surface area contributed by atoms with Crippen LogP contribution in [0.25, 0.3) is 16.7 Å². The van der Waals surface area contributed by atoms with Gasteiger partial charge in [-0.2, -0.15) is 0 Å². The first-order chi connectivity index (χ1) is 25.4. The topological polar surface area (TPSA) is 113 Å². The Hall–Kier alpha value is -4.88. The number of nitrogens with one attached hydrogen (secondary N) is 2. The quantitative estimate of drug-likeness (QED) is 0.0885. The van der Waals surface area contributed by atoms with Gasteiger partial charge in [0.25, 0.3) is 0 Å². The number of anilines is 2. The number of Topliss-reactive ketones (excluding diaryl/α,β-unsaturated/α-hetero) is 1. The molecule has 2 aliphatic heterocycles. The van der Waals surface area contributed by atoms with E-state index in [1.165, 1.54) is 12.1 Å². The summed E-state index contributed by atoms with van der Waals surface area (Å²) in [5.41, 5.74) is 5.82. The molecule has 2 aromatic heterocycles. The molecule has 0 radical (unpaired) electrons. The Labute approximate surface area is 302 Å². The number of carbonyl (C=O) groups is 1. The molecule has 0 spiro atoms. The van der Waals surface area contributed by atoms with Gasteiger partial charge in [0.2, 0.25) is 5.95 Å². The Balaban J connectivity index is 1.15. The summed E-state index contributed by atoms with van der Waals surface area (Å²) in [6.07, 6.45) is 8.02. The lowest BCUT2D eigenvalue weighted by atomic mass is 9.98. The average molecular weight is 713 g/mol. The zero-order chi connectivity index (χ0) is 36.0. The van der Waals surface area contributed by atoms with Crippen molar-refractivity contribution in [3.05, 3.63) is 89.2 Å². The van der Waals surface area contributed by atoms with Crippen LogP contribution in [0.3, 0.4) is 0 Å². The highest BCUT2D eigenvalue weighted by molar-refractivity contribution is 6.01. The van der Waals surface area contributed by atoms with Crippen LogP contribution in [-0.4, -0.2) is 87.8 Å². The van der Waals surface area contributed by atoms with Crippen molar-refractivity contribution in [2.24, 2.45) is 0 Å². The molecule has 11 nitrogen and oxygen atoms in total. The number of halogens is 2. The van der Waals surface area contributed by atoms with Gasteiger partial charge in [0, 0.05) is 32.7 Å². The van der Waals surface area contributed by atoms with E-state index in [-0.39, 0.29) is 24.3 Å². The molecule has 2 unspecified atom stereocenters. The molecule has 2 N–H and O–H groups in total. The Morgan fingerprint density at radius 2 is 1.94 bits per heavy atom. The molecule has 4 heterocycles. The molecule has 2 saturated heterocycles. The van der Waals surface area contributed by atoms with Gasteiger partial charge in [0.1, 0.15) is 6.17 Å². The number of aromatic amines is 1. The number of para-hydroxylation sites is 1. The van der Waals surface area contributed by atoms with Crippen molar-refractivity contribution < 1.29 is 23.0 Å². The Kier molecular flexibility index (Phi) is 11.1. The average Bonchev–Trinajstić information content (AvgIpc) is 3.95. The smallest absolute Gasteiger partial charge is 0.202 e. The van der Waals surface area contributed by atoms with Crippen LogP contribution < -0.4 is 15.0 Å². The van der Waals surface area contributed by atoms with E-state index >= 15 is 0 Å². The Bertz CT molecular complexity index is 1980. The fraction of sp³-hybridized carbons (Fsp3) is 0.436. The van der Waals surface area contributed by atoms with Crippen molar-refractivity contribution in [2.45, 2.75) is 64.5 Å². The van der Waals surface area contributed by atoms with E-state index in [2.05, 4.69) is 36.5 Å². The van der Waals surface area contributed by atoms with Crippen LogP contribution in [0.5, 0.6) is 5.75 Å². The molecule has 0 saturated carbocycles. The van der Waals surface area contributed by atoms with E-state index in [0.29, 0.717) is 55.9 Å². The lowest BCUT2D eigenvalue weighted by Gasteiger charge is -2.39. The number of imidazole rings is 1. The number of carbonyl (C=O) groups excluding carboxylic acids is 1. The normalized spacial score (nSPS) is 18.0. The second kappa shape index (κ2) is 16.2. The summed E-state index contributed by atoms with van der Waals surface area (Å²) in [7, 11) is 0. The molecule has 2 fully saturated rings. The monoisotopic (exact) mass is 712 g/mol. The number of H-pyrrole nitrogens is 1. The third kappa shape index (κ3) is 7.80. The third-order valence-electron chi connectivity index (χ3n) is 10.1. The summed E-state index contributed by atoms with van der Waals surface area (Å²) >= 11 is 0. The van der Waals surface area contributed by atoms with Crippen LogP contribution in [-0.2, 0) is 11.2 Å². The van der Waals surface area contributed by atoms with Crippen molar-refractivity contribution in [3.8, 4) is 11.4 Å². The number of fused-ring (bicyclic) bond motifs is 1. The third-order valence-corrected chi connectivity index (χ3v) is 10.1. The Morgan fingerprint density at radius 3 is 2.75 bits per heavy atom. The van der Waals surface area contributed by atoms with E-state index in [4.69, 9.17) is 14.5 Å². The predicted molar refractivity (Wildman–Crippen MR) is 197 cm³/mol. The number of hydrogen-bond donors (Lipinski definition) is 2. The lowest BCUT2D eigenvalue weighted by Crippen LogP contribution is -2.45. The number of likely N-dealkylation sites (tertiary alicyclic amines) is 1. The molecular formula is C39H46F2N8O3. The maximum absolute atomic E-state index is 14.2. The van der Waals surface area contributed by atoms with Crippen LogP contribution in [0.15, 0.2) is 60.9 Å². The molecule has 2 aliphatic rings. The van der Waals surface area contributed by atoms with Gasteiger partial charge in [-0.1, -0.05) is 23.4 Å². The van der Waals surface area contributed by atoms with E-state index in [1.54, 1.807) is 23.1 Å². The van der Waals surface area contributed by atoms with Gasteiger partial charge < -0.3 is 29.6 Å². The fourth-order valence-electron chi connectivity index (χ4n) is 7.48. The van der Waals surface area contributed by atoms with Crippen LogP contribution >= 0.6 is 0 Å². The standard InChI is InChI=1S/C39H46F2N8O3/c1-3-51-21-15-26-8-7-9-33-37(26)45-39(43-33)44-36-10-5-6-17-48(36)34-24-29(49-20-16-42-46-49)23-30(38(34)52-4-2)35(50)14-19-47-18-13-28(25-47)27-11-12-31(40)32(41)22-27/h7-9,11-12,16,20,22-24,28,36H,3-6,10,13-15,17-19,21,25H2,1-2H3,(H2,43,44,45). The number of ether oxygens (including phenoxy) is 2. The highest BCUT2D eigenvalue weighted by Gasteiger charge is 2.31. The minimum Gasteiger partial charge on any atom is -0.491 e. The zero-order valence-electron chi connectivity index (χ0n) is 29.8. The highest BCUT2D eigenvalue weighted by Crippen LogP contribution is 2.39. The molecule has 0 aliphatic carbocycles. The van der Waals surface area contributed by atoms with Crippen LogP contribution in [0.1, 0.15) is 73.4 Å². The number of benzene rings is 3. The summed E-state index contributed by atoms with van der Waals surface area (Å²) in [5.74, 6) is -0.391. The van der Waals surface area contributed by atoms with E-state index in [0.717, 1.165) is 73.0 Å². The first kappa shape index (κ1) is 35.5. The molecule has 3 aromatic carbocycles. The van der Waals surface area contributed by atoms with Gasteiger partial charge in [0.15, 0.2) is 23.2 Å². The first-order valence-corrected chi connectivity index (χ1v) is 18.4. The van der Waals surface area contributed by atoms with Crippen molar-refractivity contribution in [1.29, 1.82) is 0 Å². The largest absolute Gasteiger partial charge is 0.491 e. The molecule has 13 heteroatoms. The predicted octanol–water partition coefficient (Wildman–Crippen LogP) is 6.89. The summed E-state index contributed by atoms with van der Waals surface area (Å²) in [6, 6.07) is 14.2. The lowest BCUT2D eigenvalue weighted by molar-refractivity contribution is 0.0965. The van der Waals surface area contributed by atoms with E-state index in [9.17, 15) is 13.6 Å². The maximum Gasteiger partial charge on any atom is 0.202 e. The molecule has 0 bridgehead atoms. The van der Waals surface area contributed by atoms with Crippen LogP contribution in [0.4, 0.5) is 20.4 Å². The van der Waals surface area contributed by atoms with E-state index < -0.39 is 11.6 Å². The van der Waals surface area contributed by atoms with Crippen molar-refractivity contribution >= 4 is 28.5 Å². The van der Waals surface area contributed by atoms with Crippen molar-refractivity contribution in [2.75, 3.05) is 56.2 Å². The summed E-state index contributed by atoms with van der Waals surface area (Å²) < 4.78 is 41.1. The van der Waals surface area contributed by atoms with Crippen LogP contribution in [0, 0.1) is 11.6 Å². The molecule has 5 aromatic rings. The second-order valence-corrected chi connectivity index (χ2v) is 13.5. The zero-order valence-corrected chi connectivity index (χ0v) is 29.8. The van der Waals surface area contributed by atoms with Crippen LogP contribution in [0.2, 0.25) is 0 Å². The molecule has 0 amide bonds. The summed E-state index contributed by atoms with van der Waals surface area (Å²) in [6.45, 7) is 8.38. The molecule has 2 atom stereocenters. The number of nitrogens with zero attached hydrogens (tertiary/aromatic N) is 6. The van der Waals surface area contributed by atoms with Gasteiger partial charge in [-0.15, -0.1) is 5.10 Å². The van der Waals surface area contributed by atoms with Gasteiger partial charge >= 0.3 is 0 Å². The maximum atomic E-state index is 14.2. The van der Waals surface area contributed by atoms with E-state index in [1.807, 2.05) is 38.1 Å². The summed E-state index contributed by atoms with van der Waals surface area (Å²) in [5, 5.41) is 12.0. The van der Waals surface area contributed by atoms with Gasteiger partial charge in [-0.25, -0.2) is 18.4 Å². The number of ketones is 1. The van der Waals surface area contributed by atoms with Gasteiger partial charge in [-0.3, -0.25) is 4.79 Å².